The van der Waals surface area contributed by atoms with Crippen LogP contribution in [0.2, 0.25) is 0 Å². The van der Waals surface area contributed by atoms with E-state index in [9.17, 15) is 8.42 Å². The number of methoxy groups -OCH3 is 1. The number of nitrogens with one attached hydrogen (secondary N) is 1. The molecule has 0 amide bonds. The number of rotatable bonds is 6. The van der Waals surface area contributed by atoms with E-state index in [4.69, 9.17) is 9.15 Å². The highest BCUT2D eigenvalue weighted by molar-refractivity contribution is 7.89. The highest BCUT2D eigenvalue weighted by Gasteiger charge is 2.18. The Hall–Kier alpha value is -2.71. The smallest absolute Gasteiger partial charge is 0.247 e. The molecule has 136 valence electrons. The molecule has 0 aliphatic carbocycles. The van der Waals surface area contributed by atoms with E-state index in [2.05, 4.69) is 14.9 Å². The molecule has 0 atom stereocenters. The minimum Gasteiger partial charge on any atom is -0.497 e. The van der Waals surface area contributed by atoms with Gasteiger partial charge in [0.2, 0.25) is 21.8 Å². The maximum Gasteiger partial charge on any atom is 0.247 e. The van der Waals surface area contributed by atoms with Gasteiger partial charge in [0.25, 0.3) is 0 Å². The van der Waals surface area contributed by atoms with Crippen molar-refractivity contribution < 1.29 is 17.6 Å². The Labute approximate surface area is 152 Å². The van der Waals surface area contributed by atoms with E-state index in [-0.39, 0.29) is 17.3 Å². The molecule has 0 radical (unpaired) electrons. The maximum absolute atomic E-state index is 12.5. The number of ether oxygens (including phenoxy) is 1. The Balaban J connectivity index is 1.74. The normalized spacial score (nSPS) is 11.5. The highest BCUT2D eigenvalue weighted by Crippen LogP contribution is 2.22. The van der Waals surface area contributed by atoms with E-state index in [1.54, 1.807) is 19.1 Å². The molecule has 0 unspecified atom stereocenters. The third-order valence-corrected chi connectivity index (χ3v) is 5.38. The van der Waals surface area contributed by atoms with Crippen molar-refractivity contribution in [1.29, 1.82) is 0 Å². The van der Waals surface area contributed by atoms with E-state index >= 15 is 0 Å². The van der Waals surface area contributed by atoms with Crippen LogP contribution in [0.1, 0.15) is 17.0 Å². The summed E-state index contributed by atoms with van der Waals surface area (Å²) in [6, 6.07) is 12.4. The highest BCUT2D eigenvalue weighted by atomic mass is 32.2. The topological polar surface area (TPSA) is 94.3 Å². The molecule has 1 N–H and O–H groups in total. The second-order valence-corrected chi connectivity index (χ2v) is 7.56. The van der Waals surface area contributed by atoms with Crippen LogP contribution in [-0.2, 0) is 16.6 Å². The van der Waals surface area contributed by atoms with Crippen molar-refractivity contribution >= 4 is 10.0 Å². The number of benzene rings is 2. The van der Waals surface area contributed by atoms with Crippen molar-refractivity contribution in [3.8, 4) is 17.2 Å². The Bertz CT molecular complexity index is 1030. The Kier molecular flexibility index (Phi) is 5.06. The van der Waals surface area contributed by atoms with Gasteiger partial charge in [-0.15, -0.1) is 10.2 Å². The molecule has 0 saturated heterocycles. The molecular formula is C18H19N3O4S. The van der Waals surface area contributed by atoms with E-state index < -0.39 is 10.0 Å². The second kappa shape index (κ2) is 7.27. The number of hydrogen-bond acceptors (Lipinski definition) is 6. The van der Waals surface area contributed by atoms with Gasteiger partial charge in [0.15, 0.2) is 0 Å². The summed E-state index contributed by atoms with van der Waals surface area (Å²) >= 11 is 0. The number of aryl methyl sites for hydroxylation is 2. The minimum absolute atomic E-state index is 0.0907. The third kappa shape index (κ3) is 3.92. The van der Waals surface area contributed by atoms with E-state index in [0.29, 0.717) is 17.2 Å². The van der Waals surface area contributed by atoms with Crippen molar-refractivity contribution in [2.75, 3.05) is 7.11 Å². The molecule has 3 rings (SSSR count). The van der Waals surface area contributed by atoms with Gasteiger partial charge in [-0.25, -0.2) is 13.1 Å². The van der Waals surface area contributed by atoms with Gasteiger partial charge in [0.05, 0.1) is 18.6 Å². The lowest BCUT2D eigenvalue weighted by atomic mass is 10.1. The summed E-state index contributed by atoms with van der Waals surface area (Å²) in [5.41, 5.74) is 2.44. The van der Waals surface area contributed by atoms with Gasteiger partial charge in [0, 0.05) is 5.56 Å². The average molecular weight is 373 g/mol. The lowest BCUT2D eigenvalue weighted by Gasteiger charge is -2.09. The van der Waals surface area contributed by atoms with Crippen LogP contribution >= 0.6 is 0 Å². The van der Waals surface area contributed by atoms with E-state index in [1.807, 2.05) is 31.2 Å². The molecule has 0 spiro atoms. The van der Waals surface area contributed by atoms with E-state index in [1.165, 1.54) is 13.2 Å². The fourth-order valence-corrected chi connectivity index (χ4v) is 3.70. The monoisotopic (exact) mass is 373 g/mol. The van der Waals surface area contributed by atoms with Crippen LogP contribution in [0.4, 0.5) is 0 Å². The molecule has 1 heterocycles. The zero-order valence-electron chi connectivity index (χ0n) is 14.7. The molecule has 1 aromatic heterocycles. The molecular weight excluding hydrogens is 354 g/mol. The Morgan fingerprint density at radius 1 is 1.12 bits per heavy atom. The van der Waals surface area contributed by atoms with Crippen LogP contribution in [-0.4, -0.2) is 25.7 Å². The predicted octanol–water partition coefficient (Wildman–Crippen LogP) is 2.84. The van der Waals surface area contributed by atoms with Crippen LogP contribution in [0.3, 0.4) is 0 Å². The van der Waals surface area contributed by atoms with Crippen molar-refractivity contribution in [2.24, 2.45) is 0 Å². The molecule has 8 heteroatoms. The number of aromatic nitrogens is 2. The third-order valence-electron chi connectivity index (χ3n) is 3.82. The number of nitrogens with zero attached hydrogens (tertiary/aromatic N) is 2. The molecule has 2 aromatic carbocycles. The molecule has 0 saturated carbocycles. The summed E-state index contributed by atoms with van der Waals surface area (Å²) < 4.78 is 38.1. The summed E-state index contributed by atoms with van der Waals surface area (Å²) in [4.78, 5) is 0.178. The van der Waals surface area contributed by atoms with Crippen molar-refractivity contribution in [3.63, 3.8) is 0 Å². The zero-order chi connectivity index (χ0) is 18.7. The first kappa shape index (κ1) is 18.1. The van der Waals surface area contributed by atoms with Gasteiger partial charge in [-0.05, 0) is 49.7 Å². The van der Waals surface area contributed by atoms with Crippen LogP contribution in [0.25, 0.3) is 11.5 Å². The summed E-state index contributed by atoms with van der Waals surface area (Å²) in [5.74, 6) is 1.14. The van der Waals surface area contributed by atoms with Crippen LogP contribution in [0.5, 0.6) is 5.75 Å². The van der Waals surface area contributed by atoms with Crippen LogP contribution in [0.15, 0.2) is 51.8 Å². The average Bonchev–Trinajstić information content (AvgIpc) is 3.09. The molecule has 26 heavy (non-hydrogen) atoms. The van der Waals surface area contributed by atoms with Crippen LogP contribution in [0, 0.1) is 13.8 Å². The SMILES string of the molecule is COc1ccc(S(=O)(=O)NCc2nnc(-c3cccc(C)c3)o2)c(C)c1. The zero-order valence-corrected chi connectivity index (χ0v) is 15.5. The van der Waals surface area contributed by atoms with Crippen molar-refractivity contribution in [2.45, 2.75) is 25.3 Å². The van der Waals surface area contributed by atoms with Crippen molar-refractivity contribution in [1.82, 2.24) is 14.9 Å². The lowest BCUT2D eigenvalue weighted by Crippen LogP contribution is -2.24. The minimum atomic E-state index is -3.71. The quantitative estimate of drug-likeness (QED) is 0.714. The summed E-state index contributed by atoms with van der Waals surface area (Å²) in [6.07, 6.45) is 0. The van der Waals surface area contributed by atoms with Crippen molar-refractivity contribution in [3.05, 3.63) is 59.5 Å². The number of hydrogen-bond donors (Lipinski definition) is 1. The van der Waals surface area contributed by atoms with Crippen LogP contribution < -0.4 is 9.46 Å². The summed E-state index contributed by atoms with van der Waals surface area (Å²) in [7, 11) is -2.18. The van der Waals surface area contributed by atoms with E-state index in [0.717, 1.165) is 11.1 Å². The van der Waals surface area contributed by atoms with Gasteiger partial charge in [-0.3, -0.25) is 0 Å². The largest absolute Gasteiger partial charge is 0.497 e. The molecule has 0 aliphatic rings. The van der Waals surface area contributed by atoms with Gasteiger partial charge < -0.3 is 9.15 Å². The summed E-state index contributed by atoms with van der Waals surface area (Å²) in [5, 5.41) is 7.88. The predicted molar refractivity (Wildman–Crippen MR) is 96.2 cm³/mol. The fourth-order valence-electron chi connectivity index (χ4n) is 2.50. The van der Waals surface area contributed by atoms with Gasteiger partial charge >= 0.3 is 0 Å². The molecule has 3 aromatic rings. The lowest BCUT2D eigenvalue weighted by molar-refractivity contribution is 0.414. The van der Waals surface area contributed by atoms with Gasteiger partial charge in [0.1, 0.15) is 5.75 Å². The standard InChI is InChI=1S/C18H19N3O4S/c1-12-5-4-6-14(9-12)18-21-20-17(25-18)11-19-26(22,23)16-8-7-15(24-3)10-13(16)2/h4-10,19H,11H2,1-3H3. The molecule has 7 nitrogen and oxygen atoms in total. The molecule has 0 aliphatic heterocycles. The first-order valence-corrected chi connectivity index (χ1v) is 9.41. The summed E-state index contributed by atoms with van der Waals surface area (Å²) in [6.45, 7) is 3.58. The first-order valence-electron chi connectivity index (χ1n) is 7.93. The molecule has 0 fully saturated rings. The Morgan fingerprint density at radius 3 is 2.62 bits per heavy atom. The maximum atomic E-state index is 12.5. The Morgan fingerprint density at radius 2 is 1.92 bits per heavy atom. The second-order valence-electron chi connectivity index (χ2n) is 5.83. The van der Waals surface area contributed by atoms with Gasteiger partial charge in [-0.1, -0.05) is 17.7 Å². The first-order chi connectivity index (χ1) is 12.4. The molecule has 0 bridgehead atoms. The van der Waals surface area contributed by atoms with Gasteiger partial charge in [-0.2, -0.15) is 0 Å². The fraction of sp³-hybridized carbons (Fsp3) is 0.222. The number of sulfonamides is 1.